The van der Waals surface area contributed by atoms with Gasteiger partial charge < -0.3 is 4.74 Å². The molecule has 0 spiro atoms. The highest BCUT2D eigenvalue weighted by atomic mass is 19.2. The smallest absolute Gasteiger partial charge is 0.217 e. The van der Waals surface area contributed by atoms with E-state index in [1.54, 1.807) is 24.3 Å². The Morgan fingerprint density at radius 2 is 1.31 bits per heavy atom. The van der Waals surface area contributed by atoms with Crippen LogP contribution in [0.2, 0.25) is 0 Å². The Hall–Kier alpha value is -3.04. The zero-order valence-corrected chi connectivity index (χ0v) is 17.0. The SMILES string of the molecule is CCCCCc1ccc(C#C/C(F)=C(\F)C#Cc2ccc(OCCC)cc2)cc1. The molecule has 0 N–H and O–H groups in total. The average Bonchev–Trinajstić information content (AvgIpc) is 2.76. The molecule has 0 saturated heterocycles. The number of allylic oxidation sites excluding steroid dienone is 2. The first-order chi connectivity index (χ1) is 14.1. The van der Waals surface area contributed by atoms with E-state index in [1.807, 2.05) is 31.2 Å². The van der Waals surface area contributed by atoms with Crippen molar-refractivity contribution < 1.29 is 13.5 Å². The number of rotatable bonds is 7. The van der Waals surface area contributed by atoms with Crippen LogP contribution in [-0.4, -0.2) is 6.61 Å². The van der Waals surface area contributed by atoms with E-state index >= 15 is 0 Å². The first-order valence-corrected chi connectivity index (χ1v) is 10.0. The second kappa shape index (κ2) is 12.4. The van der Waals surface area contributed by atoms with E-state index in [2.05, 4.69) is 30.6 Å². The van der Waals surface area contributed by atoms with Crippen LogP contribution in [0.5, 0.6) is 5.75 Å². The Morgan fingerprint density at radius 3 is 1.83 bits per heavy atom. The lowest BCUT2D eigenvalue weighted by Gasteiger charge is -2.03. The van der Waals surface area contributed by atoms with Crippen molar-refractivity contribution in [2.45, 2.75) is 46.0 Å². The van der Waals surface area contributed by atoms with Crippen LogP contribution in [0.15, 0.2) is 60.2 Å². The van der Waals surface area contributed by atoms with Gasteiger partial charge >= 0.3 is 0 Å². The maximum atomic E-state index is 13.9. The molecule has 29 heavy (non-hydrogen) atoms. The molecular weight excluding hydrogens is 366 g/mol. The number of benzene rings is 2. The van der Waals surface area contributed by atoms with Crippen LogP contribution in [-0.2, 0) is 6.42 Å². The number of halogens is 2. The number of ether oxygens (including phenoxy) is 1. The fourth-order valence-corrected chi connectivity index (χ4v) is 2.55. The van der Waals surface area contributed by atoms with Gasteiger partial charge in [0.2, 0.25) is 11.7 Å². The third-order valence-electron chi connectivity index (χ3n) is 4.18. The molecule has 2 aromatic carbocycles. The van der Waals surface area contributed by atoms with Crippen LogP contribution < -0.4 is 4.74 Å². The Morgan fingerprint density at radius 1 is 0.759 bits per heavy atom. The predicted octanol–water partition coefficient (Wildman–Crippen LogP) is 6.76. The van der Waals surface area contributed by atoms with Crippen molar-refractivity contribution in [3.63, 3.8) is 0 Å². The monoisotopic (exact) mass is 392 g/mol. The molecule has 0 unspecified atom stereocenters. The van der Waals surface area contributed by atoms with E-state index < -0.39 is 11.7 Å². The minimum atomic E-state index is -1.17. The summed E-state index contributed by atoms with van der Waals surface area (Å²) in [6, 6.07) is 14.5. The molecule has 3 heteroatoms. The van der Waals surface area contributed by atoms with Crippen molar-refractivity contribution in [3.8, 4) is 29.4 Å². The van der Waals surface area contributed by atoms with E-state index in [1.165, 1.54) is 18.4 Å². The van der Waals surface area contributed by atoms with Crippen molar-refractivity contribution in [3.05, 3.63) is 76.9 Å². The molecule has 0 aliphatic heterocycles. The number of hydrogen-bond donors (Lipinski definition) is 0. The van der Waals surface area contributed by atoms with Gasteiger partial charge in [0.1, 0.15) is 5.75 Å². The molecule has 0 aliphatic carbocycles. The van der Waals surface area contributed by atoms with Crippen molar-refractivity contribution in [2.24, 2.45) is 0 Å². The summed E-state index contributed by atoms with van der Waals surface area (Å²) in [6.07, 6.45) is 5.47. The van der Waals surface area contributed by atoms with Gasteiger partial charge in [0.15, 0.2) is 0 Å². The Kier molecular flexibility index (Phi) is 9.53. The Labute approximate surface area is 172 Å². The molecule has 0 aliphatic rings. The van der Waals surface area contributed by atoms with Crippen molar-refractivity contribution in [1.82, 2.24) is 0 Å². The molecule has 0 amide bonds. The van der Waals surface area contributed by atoms with Crippen LogP contribution in [0.4, 0.5) is 8.78 Å². The lowest BCUT2D eigenvalue weighted by Crippen LogP contribution is -1.94. The minimum Gasteiger partial charge on any atom is -0.494 e. The Bertz CT molecular complexity index is 917. The zero-order chi connectivity index (χ0) is 20.9. The number of hydrogen-bond acceptors (Lipinski definition) is 1. The van der Waals surface area contributed by atoms with E-state index in [4.69, 9.17) is 4.74 Å². The fraction of sp³-hybridized carbons (Fsp3) is 0.308. The highest BCUT2D eigenvalue weighted by Crippen LogP contribution is 2.13. The summed E-state index contributed by atoms with van der Waals surface area (Å²) in [5, 5.41) is 0. The van der Waals surface area contributed by atoms with Crippen molar-refractivity contribution >= 4 is 0 Å². The van der Waals surface area contributed by atoms with E-state index in [9.17, 15) is 8.78 Å². The van der Waals surface area contributed by atoms with E-state index in [-0.39, 0.29) is 0 Å². The molecule has 0 aromatic heterocycles. The van der Waals surface area contributed by atoms with Crippen molar-refractivity contribution in [1.29, 1.82) is 0 Å². The molecule has 1 nitrogen and oxygen atoms in total. The summed E-state index contributed by atoms with van der Waals surface area (Å²) < 4.78 is 33.2. The van der Waals surface area contributed by atoms with Gasteiger partial charge in [0.05, 0.1) is 6.61 Å². The van der Waals surface area contributed by atoms with Gasteiger partial charge in [0, 0.05) is 11.1 Å². The molecule has 0 radical (unpaired) electrons. The average molecular weight is 392 g/mol. The summed E-state index contributed by atoms with van der Waals surface area (Å²) in [6.45, 7) is 4.83. The maximum Gasteiger partial charge on any atom is 0.217 e. The summed E-state index contributed by atoms with van der Waals surface area (Å²) in [5.74, 6) is 8.01. The van der Waals surface area contributed by atoms with Crippen molar-refractivity contribution in [2.75, 3.05) is 6.61 Å². The molecule has 2 aromatic rings. The third kappa shape index (κ3) is 8.24. The second-order valence-electron chi connectivity index (χ2n) is 6.65. The molecule has 0 atom stereocenters. The molecule has 0 fully saturated rings. The fourth-order valence-electron chi connectivity index (χ4n) is 2.55. The summed E-state index contributed by atoms with van der Waals surface area (Å²) in [5.41, 5.74) is 2.44. The van der Waals surface area contributed by atoms with Gasteiger partial charge in [-0.05, 0) is 73.1 Å². The first-order valence-electron chi connectivity index (χ1n) is 10.0. The van der Waals surface area contributed by atoms with Gasteiger partial charge in [-0.1, -0.05) is 50.7 Å². The van der Waals surface area contributed by atoms with Crippen LogP contribution >= 0.6 is 0 Å². The number of unbranched alkanes of at least 4 members (excludes halogenated alkanes) is 2. The van der Waals surface area contributed by atoms with Crippen LogP contribution in [0.3, 0.4) is 0 Å². The molecular formula is C26H26F2O. The molecule has 0 bridgehead atoms. The van der Waals surface area contributed by atoms with Crippen LogP contribution in [0.25, 0.3) is 0 Å². The molecule has 150 valence electrons. The predicted molar refractivity (Wildman–Crippen MR) is 115 cm³/mol. The lowest BCUT2D eigenvalue weighted by atomic mass is 10.1. The van der Waals surface area contributed by atoms with Gasteiger partial charge in [-0.15, -0.1) is 0 Å². The lowest BCUT2D eigenvalue weighted by molar-refractivity contribution is 0.317. The number of aryl methyl sites for hydroxylation is 1. The van der Waals surface area contributed by atoms with Crippen LogP contribution in [0.1, 0.15) is 56.2 Å². The van der Waals surface area contributed by atoms with Gasteiger partial charge in [0.25, 0.3) is 0 Å². The standard InChI is InChI=1S/C26H26F2O/c1-3-5-6-7-21-8-10-22(11-9-21)14-18-25(27)26(28)19-15-23-12-16-24(17-13-23)29-20-4-2/h8-13,16-17H,3-7,20H2,1-2H3/b26-25+. The topological polar surface area (TPSA) is 9.23 Å². The summed E-state index contributed by atoms with van der Waals surface area (Å²) >= 11 is 0. The quantitative estimate of drug-likeness (QED) is 0.373. The van der Waals surface area contributed by atoms with E-state index in [0.29, 0.717) is 17.7 Å². The zero-order valence-electron chi connectivity index (χ0n) is 17.0. The summed E-state index contributed by atoms with van der Waals surface area (Å²) in [4.78, 5) is 0. The molecule has 2 rings (SSSR count). The third-order valence-corrected chi connectivity index (χ3v) is 4.18. The van der Waals surface area contributed by atoms with E-state index in [0.717, 1.165) is 25.0 Å². The highest BCUT2D eigenvalue weighted by Gasteiger charge is 2.00. The maximum absolute atomic E-state index is 13.9. The Balaban J connectivity index is 1.99. The van der Waals surface area contributed by atoms with Crippen LogP contribution in [0, 0.1) is 23.7 Å². The van der Waals surface area contributed by atoms with Gasteiger partial charge in [-0.25, -0.2) is 0 Å². The van der Waals surface area contributed by atoms with Gasteiger partial charge in [-0.3, -0.25) is 0 Å². The normalized spacial score (nSPS) is 10.9. The minimum absolute atomic E-state index is 0.573. The largest absolute Gasteiger partial charge is 0.494 e. The first kappa shape index (κ1) is 22.3. The molecule has 0 heterocycles. The van der Waals surface area contributed by atoms with Gasteiger partial charge in [-0.2, -0.15) is 8.78 Å². The summed E-state index contributed by atoms with van der Waals surface area (Å²) in [7, 11) is 0. The second-order valence-corrected chi connectivity index (χ2v) is 6.65. The highest BCUT2D eigenvalue weighted by molar-refractivity contribution is 5.46. The molecule has 0 saturated carbocycles.